The lowest BCUT2D eigenvalue weighted by Crippen LogP contribution is -2.15. The summed E-state index contributed by atoms with van der Waals surface area (Å²) in [4.78, 5) is 41.6. The van der Waals surface area contributed by atoms with Crippen molar-refractivity contribution in [3.05, 3.63) is 83.7 Å². The lowest BCUT2D eigenvalue weighted by molar-refractivity contribution is 0.0549. The lowest BCUT2D eigenvalue weighted by atomic mass is 10.0. The molecule has 0 spiro atoms. The first kappa shape index (κ1) is 25.9. The average molecular weight is 517 g/mol. The zero-order valence-corrected chi connectivity index (χ0v) is 21.0. The molecule has 0 atom stereocenters. The quantitative estimate of drug-likeness (QED) is 0.249. The Morgan fingerprint density at radius 1 is 0.763 bits per heavy atom. The number of nitrogens with zero attached hydrogens (tertiary/aromatic N) is 3. The molecule has 4 aromatic rings. The van der Waals surface area contributed by atoms with Gasteiger partial charge in [0, 0.05) is 17.8 Å². The van der Waals surface area contributed by atoms with E-state index in [9.17, 15) is 14.4 Å². The Labute approximate surface area is 217 Å². The highest BCUT2D eigenvalue weighted by molar-refractivity contribution is 6.07. The third-order valence-corrected chi connectivity index (χ3v) is 5.46. The van der Waals surface area contributed by atoms with Crippen molar-refractivity contribution in [2.75, 3.05) is 28.4 Å². The van der Waals surface area contributed by atoms with Gasteiger partial charge in [0.2, 0.25) is 5.88 Å². The highest BCUT2D eigenvalue weighted by Gasteiger charge is 2.31. The number of esters is 3. The van der Waals surface area contributed by atoms with E-state index in [1.165, 1.54) is 51.5 Å². The minimum absolute atomic E-state index is 0.0774. The highest BCUT2D eigenvalue weighted by Crippen LogP contribution is 2.37. The number of aromatic nitrogens is 3. The van der Waals surface area contributed by atoms with Gasteiger partial charge in [0.1, 0.15) is 11.3 Å². The van der Waals surface area contributed by atoms with Gasteiger partial charge in [-0.2, -0.15) is 5.10 Å². The van der Waals surface area contributed by atoms with Crippen molar-refractivity contribution < 1.29 is 38.1 Å². The van der Waals surface area contributed by atoms with Gasteiger partial charge in [-0.25, -0.2) is 24.0 Å². The van der Waals surface area contributed by atoms with E-state index in [2.05, 4.69) is 10.1 Å². The number of hydrogen-bond acceptors (Lipinski definition) is 10. The Balaban J connectivity index is 1.83. The molecule has 2 heterocycles. The van der Waals surface area contributed by atoms with E-state index in [1.807, 2.05) is 6.07 Å². The van der Waals surface area contributed by atoms with Crippen LogP contribution in [0.1, 0.15) is 31.2 Å². The Kier molecular flexibility index (Phi) is 7.66. The van der Waals surface area contributed by atoms with Gasteiger partial charge >= 0.3 is 17.9 Å². The normalized spacial score (nSPS) is 10.4. The Hall–Kier alpha value is -5.19. The third kappa shape index (κ3) is 5.03. The summed E-state index contributed by atoms with van der Waals surface area (Å²) in [5, 5.41) is 4.57. The van der Waals surface area contributed by atoms with Gasteiger partial charge in [0.25, 0.3) is 0 Å². The molecular formula is C27H23N3O8. The summed E-state index contributed by atoms with van der Waals surface area (Å²) in [7, 11) is 5.13. The van der Waals surface area contributed by atoms with Crippen LogP contribution in [0.15, 0.2) is 66.9 Å². The average Bonchev–Trinajstić information content (AvgIpc) is 3.37. The molecule has 0 saturated heterocycles. The molecule has 0 amide bonds. The van der Waals surface area contributed by atoms with Gasteiger partial charge in [-0.15, -0.1) is 0 Å². The highest BCUT2D eigenvalue weighted by atomic mass is 16.5. The number of pyridine rings is 1. The number of carbonyl (C=O) groups excluding carboxylic acids is 3. The van der Waals surface area contributed by atoms with Crippen LogP contribution in [-0.2, 0) is 14.2 Å². The fourth-order valence-electron chi connectivity index (χ4n) is 3.68. The van der Waals surface area contributed by atoms with Crippen molar-refractivity contribution >= 4 is 17.9 Å². The molecule has 38 heavy (non-hydrogen) atoms. The summed E-state index contributed by atoms with van der Waals surface area (Å²) in [6.45, 7) is 0. The van der Waals surface area contributed by atoms with E-state index < -0.39 is 17.9 Å². The summed E-state index contributed by atoms with van der Waals surface area (Å²) in [6.07, 6.45) is 1.41. The largest absolute Gasteiger partial charge is 0.493 e. The molecule has 0 aliphatic rings. The zero-order valence-electron chi connectivity index (χ0n) is 21.0. The monoisotopic (exact) mass is 517 g/mol. The van der Waals surface area contributed by atoms with Crippen LogP contribution < -0.4 is 9.47 Å². The summed E-state index contributed by atoms with van der Waals surface area (Å²) in [5.41, 5.74) is 1.22. The maximum Gasteiger partial charge on any atom is 0.357 e. The molecule has 4 rings (SSSR count). The molecule has 194 valence electrons. The van der Waals surface area contributed by atoms with E-state index >= 15 is 0 Å². The summed E-state index contributed by atoms with van der Waals surface area (Å²) < 4.78 is 27.3. The van der Waals surface area contributed by atoms with Crippen LogP contribution in [0.25, 0.3) is 16.9 Å². The van der Waals surface area contributed by atoms with E-state index in [0.717, 1.165) is 0 Å². The number of rotatable bonds is 8. The molecule has 0 aliphatic heterocycles. The molecule has 0 unspecified atom stereocenters. The topological polar surface area (TPSA) is 128 Å². The molecule has 0 fully saturated rings. The molecule has 2 aromatic heterocycles. The predicted molar refractivity (Wildman–Crippen MR) is 134 cm³/mol. The number of benzene rings is 2. The summed E-state index contributed by atoms with van der Waals surface area (Å²) in [6, 6.07) is 16.6. The number of carbonyl (C=O) groups is 3. The van der Waals surface area contributed by atoms with Crippen LogP contribution in [0.5, 0.6) is 17.4 Å². The fraction of sp³-hybridized carbons (Fsp3) is 0.148. The molecule has 11 nitrogen and oxygen atoms in total. The molecule has 0 aliphatic carbocycles. The maximum absolute atomic E-state index is 12.9. The van der Waals surface area contributed by atoms with Crippen molar-refractivity contribution in [1.82, 2.24) is 14.8 Å². The molecule has 2 aromatic carbocycles. The minimum atomic E-state index is -0.773. The Morgan fingerprint density at radius 3 is 2.13 bits per heavy atom. The van der Waals surface area contributed by atoms with E-state index in [1.54, 1.807) is 42.5 Å². The van der Waals surface area contributed by atoms with Crippen molar-refractivity contribution in [3.63, 3.8) is 0 Å². The standard InChI is InChI=1S/C27H23N3O8/c1-34-20-14-16(10-11-19(20)38-21-15-17(12-13-28-21)25(31)35-2)23-22(26(32)36-3)24(27(33)37-4)30(29-23)18-8-6-5-7-9-18/h5-15H,1-4H3. The first-order valence-electron chi connectivity index (χ1n) is 11.2. The summed E-state index contributed by atoms with van der Waals surface area (Å²) >= 11 is 0. The number of ether oxygens (including phenoxy) is 5. The molecule has 0 saturated carbocycles. The molecule has 11 heteroatoms. The van der Waals surface area contributed by atoms with Crippen LogP contribution in [0.4, 0.5) is 0 Å². The van der Waals surface area contributed by atoms with Crippen LogP contribution in [0.2, 0.25) is 0 Å². The van der Waals surface area contributed by atoms with Crippen LogP contribution in [0.3, 0.4) is 0 Å². The SMILES string of the molecule is COC(=O)c1ccnc(Oc2ccc(-c3nn(-c4ccccc4)c(C(=O)OC)c3C(=O)OC)cc2OC)c1. The molecule has 0 N–H and O–H groups in total. The van der Waals surface area contributed by atoms with Gasteiger partial charge in [-0.3, -0.25) is 0 Å². The second kappa shape index (κ2) is 11.2. The van der Waals surface area contributed by atoms with Gasteiger partial charge < -0.3 is 23.7 Å². The summed E-state index contributed by atoms with van der Waals surface area (Å²) in [5.74, 6) is -1.39. The molecule has 0 bridgehead atoms. The number of hydrogen-bond donors (Lipinski definition) is 0. The smallest absolute Gasteiger partial charge is 0.357 e. The van der Waals surface area contributed by atoms with Gasteiger partial charge in [-0.1, -0.05) is 18.2 Å². The van der Waals surface area contributed by atoms with E-state index in [4.69, 9.17) is 23.7 Å². The first-order valence-corrected chi connectivity index (χ1v) is 11.2. The first-order chi connectivity index (χ1) is 18.4. The zero-order chi connectivity index (χ0) is 27.2. The van der Waals surface area contributed by atoms with Crippen LogP contribution >= 0.6 is 0 Å². The second-order valence-corrected chi connectivity index (χ2v) is 7.64. The molecule has 0 radical (unpaired) electrons. The molecular weight excluding hydrogens is 494 g/mol. The van der Waals surface area contributed by atoms with Crippen molar-refractivity contribution in [2.45, 2.75) is 0 Å². The lowest BCUT2D eigenvalue weighted by Gasteiger charge is -2.12. The third-order valence-electron chi connectivity index (χ3n) is 5.46. The number of para-hydroxylation sites is 1. The Bertz CT molecular complexity index is 1500. The number of methoxy groups -OCH3 is 4. The van der Waals surface area contributed by atoms with Crippen molar-refractivity contribution in [3.8, 4) is 34.3 Å². The van der Waals surface area contributed by atoms with Gasteiger partial charge in [0.15, 0.2) is 17.2 Å². The second-order valence-electron chi connectivity index (χ2n) is 7.64. The van der Waals surface area contributed by atoms with E-state index in [-0.39, 0.29) is 39.9 Å². The van der Waals surface area contributed by atoms with Gasteiger partial charge in [0.05, 0.1) is 39.7 Å². The Morgan fingerprint density at radius 2 is 1.47 bits per heavy atom. The maximum atomic E-state index is 12.9. The van der Waals surface area contributed by atoms with Crippen molar-refractivity contribution in [1.29, 1.82) is 0 Å². The van der Waals surface area contributed by atoms with Crippen molar-refractivity contribution in [2.24, 2.45) is 0 Å². The predicted octanol–water partition coefficient (Wildman–Crippen LogP) is 4.10. The van der Waals surface area contributed by atoms with Crippen LogP contribution in [0, 0.1) is 0 Å². The van der Waals surface area contributed by atoms with Crippen LogP contribution in [-0.4, -0.2) is 61.1 Å². The van der Waals surface area contributed by atoms with E-state index in [0.29, 0.717) is 11.3 Å². The fourth-order valence-corrected chi connectivity index (χ4v) is 3.68. The minimum Gasteiger partial charge on any atom is -0.493 e. The van der Waals surface area contributed by atoms with Gasteiger partial charge in [-0.05, 0) is 36.4 Å².